The molecule has 1 N–H and O–H groups in total. The lowest BCUT2D eigenvalue weighted by Crippen LogP contribution is -2.45. The van der Waals surface area contributed by atoms with Crippen LogP contribution in [0.2, 0.25) is 5.02 Å². The van der Waals surface area contributed by atoms with Crippen LogP contribution in [0.25, 0.3) is 0 Å². The van der Waals surface area contributed by atoms with Gasteiger partial charge in [0.1, 0.15) is 17.4 Å². The van der Waals surface area contributed by atoms with E-state index in [2.05, 4.69) is 10.4 Å². The van der Waals surface area contributed by atoms with Crippen LogP contribution in [0.4, 0.5) is 11.5 Å². The average molecular weight is 454 g/mol. The van der Waals surface area contributed by atoms with Gasteiger partial charge in [-0.15, -0.1) is 0 Å². The molecule has 0 unspecified atom stereocenters. The number of hydrogen-bond donors (Lipinski definition) is 1. The molecule has 32 heavy (non-hydrogen) atoms. The van der Waals surface area contributed by atoms with Gasteiger partial charge < -0.3 is 5.32 Å². The van der Waals surface area contributed by atoms with Crippen molar-refractivity contribution in [2.24, 2.45) is 0 Å². The fraction of sp³-hybridized carbons (Fsp3) is 0.143. The van der Waals surface area contributed by atoms with Crippen molar-refractivity contribution in [3.8, 4) is 0 Å². The zero-order chi connectivity index (χ0) is 23.0. The van der Waals surface area contributed by atoms with Gasteiger partial charge in [-0.3, -0.25) is 29.4 Å². The summed E-state index contributed by atoms with van der Waals surface area (Å²) in [7, 11) is 0. The summed E-state index contributed by atoms with van der Waals surface area (Å²) in [5.74, 6) is -1.92. The highest BCUT2D eigenvalue weighted by molar-refractivity contribution is 6.30. The lowest BCUT2D eigenvalue weighted by Gasteiger charge is -2.21. The molecule has 0 aliphatic carbocycles. The number of anilines is 1. The molecular weight excluding hydrogens is 438 g/mol. The number of fused-ring (bicyclic) bond motifs is 1. The fourth-order valence-electron chi connectivity index (χ4n) is 3.46. The first kappa shape index (κ1) is 21.2. The number of carbonyl (C=O) groups is 3. The third kappa shape index (κ3) is 3.71. The maximum absolute atomic E-state index is 12.9. The summed E-state index contributed by atoms with van der Waals surface area (Å²) in [6.07, 6.45) is 1.50. The molecule has 0 spiro atoms. The normalized spacial score (nSPS) is 13.8. The van der Waals surface area contributed by atoms with Gasteiger partial charge in [-0.2, -0.15) is 5.10 Å². The second-order valence-corrected chi connectivity index (χ2v) is 7.54. The van der Waals surface area contributed by atoms with Gasteiger partial charge in [0.25, 0.3) is 17.5 Å². The monoisotopic (exact) mass is 453 g/mol. The van der Waals surface area contributed by atoms with Crippen molar-refractivity contribution >= 4 is 40.8 Å². The zero-order valence-corrected chi connectivity index (χ0v) is 17.4. The Labute approximate surface area is 186 Å². The Morgan fingerprint density at radius 2 is 1.88 bits per heavy atom. The summed E-state index contributed by atoms with van der Waals surface area (Å²) in [5.41, 5.74) is 0.0119. The minimum atomic E-state index is -1.21. The van der Waals surface area contributed by atoms with E-state index in [4.69, 9.17) is 11.6 Å². The van der Waals surface area contributed by atoms with Gasteiger partial charge in [0.15, 0.2) is 0 Å². The Bertz CT molecular complexity index is 1250. The molecule has 162 valence electrons. The third-order valence-electron chi connectivity index (χ3n) is 5.10. The number of rotatable bonds is 6. The number of halogens is 1. The molecule has 0 bridgehead atoms. The number of aromatic nitrogens is 2. The van der Waals surface area contributed by atoms with E-state index in [1.165, 1.54) is 25.3 Å². The standard InChI is InChI=1S/C21H16ClN5O5/c1-12(26-20(29)15-3-2-4-16(27(31)32)18(15)21(26)30)19(28)24-17-9-10-23-25(17)11-13-5-7-14(22)8-6-13/h2-10,12H,11H2,1H3,(H,24,28)/t12-/m0/s1. The molecule has 2 aromatic carbocycles. The van der Waals surface area contributed by atoms with Gasteiger partial charge in [-0.1, -0.05) is 29.8 Å². The number of nitrogens with one attached hydrogen (secondary N) is 1. The third-order valence-corrected chi connectivity index (χ3v) is 5.35. The van der Waals surface area contributed by atoms with E-state index in [0.717, 1.165) is 16.5 Å². The van der Waals surface area contributed by atoms with Crippen LogP contribution in [-0.4, -0.2) is 43.4 Å². The van der Waals surface area contributed by atoms with Crippen molar-refractivity contribution in [2.75, 3.05) is 5.32 Å². The molecule has 4 rings (SSSR count). The minimum Gasteiger partial charge on any atom is -0.309 e. The van der Waals surface area contributed by atoms with E-state index in [9.17, 15) is 24.5 Å². The highest BCUT2D eigenvalue weighted by Crippen LogP contribution is 2.32. The van der Waals surface area contributed by atoms with Crippen molar-refractivity contribution in [1.29, 1.82) is 0 Å². The summed E-state index contributed by atoms with van der Waals surface area (Å²) in [6, 6.07) is 11.3. The molecular formula is C21H16ClN5O5. The second-order valence-electron chi connectivity index (χ2n) is 7.10. The van der Waals surface area contributed by atoms with Crippen LogP contribution >= 0.6 is 11.6 Å². The van der Waals surface area contributed by atoms with Crippen molar-refractivity contribution in [3.63, 3.8) is 0 Å². The van der Waals surface area contributed by atoms with E-state index in [0.29, 0.717) is 17.4 Å². The summed E-state index contributed by atoms with van der Waals surface area (Å²) >= 11 is 5.90. The number of nitrogens with zero attached hydrogens (tertiary/aromatic N) is 4. The molecule has 1 aliphatic heterocycles. The largest absolute Gasteiger partial charge is 0.309 e. The molecule has 0 saturated carbocycles. The SMILES string of the molecule is C[C@@H](C(=O)Nc1ccnn1Cc1ccc(Cl)cc1)N1C(=O)c2cccc([N+](=O)[O-])c2C1=O. The first-order valence-electron chi connectivity index (χ1n) is 9.50. The minimum absolute atomic E-state index is 0.100. The van der Waals surface area contributed by atoms with Crippen LogP contribution in [0.15, 0.2) is 54.7 Å². The van der Waals surface area contributed by atoms with Crippen molar-refractivity contribution in [1.82, 2.24) is 14.7 Å². The molecule has 3 amide bonds. The summed E-state index contributed by atoms with van der Waals surface area (Å²) in [5, 5.41) is 18.7. The molecule has 0 radical (unpaired) electrons. The molecule has 3 aromatic rings. The van der Waals surface area contributed by atoms with Gasteiger partial charge in [0.05, 0.1) is 23.2 Å². The molecule has 1 aliphatic rings. The topological polar surface area (TPSA) is 127 Å². The summed E-state index contributed by atoms with van der Waals surface area (Å²) in [4.78, 5) is 49.7. The molecule has 1 aromatic heterocycles. The van der Waals surface area contributed by atoms with Crippen LogP contribution in [-0.2, 0) is 11.3 Å². The molecule has 0 fully saturated rings. The predicted octanol–water partition coefficient (Wildman–Crippen LogP) is 3.12. The van der Waals surface area contributed by atoms with E-state index in [1.807, 2.05) is 12.1 Å². The molecule has 10 nitrogen and oxygen atoms in total. The number of carbonyl (C=O) groups excluding carboxylic acids is 3. The van der Waals surface area contributed by atoms with E-state index in [-0.39, 0.29) is 11.1 Å². The first-order chi connectivity index (χ1) is 15.3. The number of imide groups is 1. The van der Waals surface area contributed by atoms with Gasteiger partial charge in [0, 0.05) is 17.2 Å². The predicted molar refractivity (Wildman–Crippen MR) is 114 cm³/mol. The van der Waals surface area contributed by atoms with Gasteiger partial charge in [0.2, 0.25) is 5.91 Å². The van der Waals surface area contributed by atoms with Crippen molar-refractivity contribution in [3.05, 3.63) is 86.6 Å². The maximum atomic E-state index is 12.9. The summed E-state index contributed by atoms with van der Waals surface area (Å²) in [6.45, 7) is 1.73. The quantitative estimate of drug-likeness (QED) is 0.347. The maximum Gasteiger partial charge on any atom is 0.282 e. The molecule has 11 heteroatoms. The Hall–Kier alpha value is -4.05. The second kappa shape index (κ2) is 8.23. The Kier molecular flexibility index (Phi) is 5.45. The van der Waals surface area contributed by atoms with Gasteiger partial charge in [-0.05, 0) is 30.7 Å². The zero-order valence-electron chi connectivity index (χ0n) is 16.7. The Balaban J connectivity index is 1.53. The number of nitro benzene ring substituents is 1. The highest BCUT2D eigenvalue weighted by Gasteiger charge is 2.44. The Morgan fingerprint density at radius 3 is 2.56 bits per heavy atom. The number of benzene rings is 2. The average Bonchev–Trinajstić information content (AvgIpc) is 3.30. The molecule has 0 saturated heterocycles. The molecule has 1 atom stereocenters. The van der Waals surface area contributed by atoms with Gasteiger partial charge in [-0.25, -0.2) is 4.68 Å². The fourth-order valence-corrected chi connectivity index (χ4v) is 3.59. The Morgan fingerprint density at radius 1 is 1.16 bits per heavy atom. The first-order valence-corrected chi connectivity index (χ1v) is 9.88. The van der Waals surface area contributed by atoms with Crippen molar-refractivity contribution in [2.45, 2.75) is 19.5 Å². The lowest BCUT2D eigenvalue weighted by molar-refractivity contribution is -0.385. The van der Waals surface area contributed by atoms with E-state index < -0.39 is 34.4 Å². The van der Waals surface area contributed by atoms with Crippen LogP contribution < -0.4 is 5.32 Å². The van der Waals surface area contributed by atoms with E-state index >= 15 is 0 Å². The summed E-state index contributed by atoms with van der Waals surface area (Å²) < 4.78 is 1.54. The van der Waals surface area contributed by atoms with Crippen LogP contribution in [0.3, 0.4) is 0 Å². The van der Waals surface area contributed by atoms with Crippen molar-refractivity contribution < 1.29 is 19.3 Å². The van der Waals surface area contributed by atoms with Crippen LogP contribution in [0.5, 0.6) is 0 Å². The van der Waals surface area contributed by atoms with Crippen LogP contribution in [0.1, 0.15) is 33.2 Å². The smallest absolute Gasteiger partial charge is 0.282 e. The number of nitro groups is 1. The number of hydrogen-bond acceptors (Lipinski definition) is 6. The van der Waals surface area contributed by atoms with Crippen LogP contribution in [0, 0.1) is 10.1 Å². The number of amides is 3. The lowest BCUT2D eigenvalue weighted by atomic mass is 10.1. The van der Waals surface area contributed by atoms with Gasteiger partial charge >= 0.3 is 0 Å². The highest BCUT2D eigenvalue weighted by atomic mass is 35.5. The molecule has 2 heterocycles. The van der Waals surface area contributed by atoms with E-state index in [1.54, 1.807) is 22.9 Å².